The van der Waals surface area contributed by atoms with E-state index in [2.05, 4.69) is 5.32 Å². The fraction of sp³-hybridized carbons (Fsp3) is 0.700. The largest absolute Gasteiger partial charge is 0.480 e. The lowest BCUT2D eigenvalue weighted by atomic mass is 10.2. The van der Waals surface area contributed by atoms with Gasteiger partial charge in [0, 0.05) is 20.1 Å². The number of aliphatic carboxylic acids is 1. The minimum atomic E-state index is -1.08. The van der Waals surface area contributed by atoms with Gasteiger partial charge >= 0.3 is 5.97 Å². The average molecular weight is 244 g/mol. The summed E-state index contributed by atoms with van der Waals surface area (Å²) < 4.78 is 4.81. The van der Waals surface area contributed by atoms with E-state index in [9.17, 15) is 14.4 Å². The van der Waals surface area contributed by atoms with Gasteiger partial charge in [-0.05, 0) is 6.42 Å². The fourth-order valence-electron chi connectivity index (χ4n) is 1.65. The Bertz CT molecular complexity index is 318. The first kappa shape index (κ1) is 13.4. The number of hydrogen-bond donors (Lipinski definition) is 2. The average Bonchev–Trinajstić information content (AvgIpc) is 2.69. The van der Waals surface area contributed by atoms with Gasteiger partial charge in [-0.15, -0.1) is 0 Å². The SMILES string of the molecule is COCCN(CC(=O)O)C(=O)[C@H]1CCC(=O)N1. The number of ether oxygens (including phenoxy) is 1. The molecule has 0 aliphatic carbocycles. The summed E-state index contributed by atoms with van der Waals surface area (Å²) in [5, 5.41) is 11.2. The van der Waals surface area contributed by atoms with E-state index in [-0.39, 0.29) is 31.5 Å². The van der Waals surface area contributed by atoms with Crippen molar-refractivity contribution in [2.45, 2.75) is 18.9 Å². The number of amides is 2. The van der Waals surface area contributed by atoms with Gasteiger partial charge in [-0.1, -0.05) is 0 Å². The van der Waals surface area contributed by atoms with Crippen LogP contribution in [0.3, 0.4) is 0 Å². The first-order chi connectivity index (χ1) is 8.04. The number of carboxylic acids is 1. The van der Waals surface area contributed by atoms with Crippen molar-refractivity contribution >= 4 is 17.8 Å². The van der Waals surface area contributed by atoms with Gasteiger partial charge in [-0.2, -0.15) is 0 Å². The number of nitrogens with one attached hydrogen (secondary N) is 1. The number of rotatable bonds is 6. The van der Waals surface area contributed by atoms with E-state index in [4.69, 9.17) is 9.84 Å². The van der Waals surface area contributed by atoms with E-state index in [1.165, 1.54) is 12.0 Å². The van der Waals surface area contributed by atoms with E-state index in [0.717, 1.165) is 0 Å². The third kappa shape index (κ3) is 4.03. The molecule has 1 rings (SSSR count). The maximum Gasteiger partial charge on any atom is 0.323 e. The quantitative estimate of drug-likeness (QED) is 0.613. The minimum absolute atomic E-state index is 0.176. The molecular formula is C10H16N2O5. The second kappa shape index (κ2) is 6.19. The van der Waals surface area contributed by atoms with E-state index >= 15 is 0 Å². The van der Waals surface area contributed by atoms with E-state index < -0.39 is 12.0 Å². The van der Waals surface area contributed by atoms with Crippen LogP contribution in [0.4, 0.5) is 0 Å². The molecule has 2 N–H and O–H groups in total. The maximum absolute atomic E-state index is 11.9. The zero-order valence-corrected chi connectivity index (χ0v) is 9.64. The normalized spacial score (nSPS) is 18.9. The first-order valence-electron chi connectivity index (χ1n) is 5.33. The fourth-order valence-corrected chi connectivity index (χ4v) is 1.65. The van der Waals surface area contributed by atoms with Gasteiger partial charge in [-0.25, -0.2) is 0 Å². The Morgan fingerprint density at radius 2 is 2.29 bits per heavy atom. The lowest BCUT2D eigenvalue weighted by Gasteiger charge is -2.23. The van der Waals surface area contributed by atoms with Crippen LogP contribution in [0.15, 0.2) is 0 Å². The summed E-state index contributed by atoms with van der Waals surface area (Å²) in [4.78, 5) is 34.7. The second-order valence-corrected chi connectivity index (χ2v) is 3.81. The Kier molecular flexibility index (Phi) is 4.89. The maximum atomic E-state index is 11.9. The molecule has 1 saturated heterocycles. The molecule has 7 nitrogen and oxygen atoms in total. The van der Waals surface area contributed by atoms with Gasteiger partial charge in [0.25, 0.3) is 0 Å². The lowest BCUT2D eigenvalue weighted by molar-refractivity contribution is -0.145. The van der Waals surface area contributed by atoms with Gasteiger partial charge < -0.3 is 20.1 Å². The second-order valence-electron chi connectivity index (χ2n) is 3.81. The Morgan fingerprint density at radius 3 is 2.76 bits per heavy atom. The lowest BCUT2D eigenvalue weighted by Crippen LogP contribution is -2.47. The molecule has 1 fully saturated rings. The standard InChI is InChI=1S/C10H16N2O5/c1-17-5-4-12(6-9(14)15)10(16)7-2-3-8(13)11-7/h7H,2-6H2,1H3,(H,11,13)(H,14,15)/t7-/m1/s1. The predicted octanol–water partition coefficient (Wildman–Crippen LogP) is -1.18. The van der Waals surface area contributed by atoms with Gasteiger partial charge in [0.2, 0.25) is 11.8 Å². The molecule has 0 aromatic heterocycles. The van der Waals surface area contributed by atoms with Crippen molar-refractivity contribution in [3.63, 3.8) is 0 Å². The van der Waals surface area contributed by atoms with Crippen LogP contribution >= 0.6 is 0 Å². The minimum Gasteiger partial charge on any atom is -0.480 e. The summed E-state index contributed by atoms with van der Waals surface area (Å²) in [6.07, 6.45) is 0.725. The number of methoxy groups -OCH3 is 1. The molecule has 0 saturated carbocycles. The third-order valence-electron chi connectivity index (χ3n) is 2.50. The molecule has 1 aliphatic heterocycles. The van der Waals surface area contributed by atoms with Crippen LogP contribution in [0, 0.1) is 0 Å². The molecule has 96 valence electrons. The molecule has 0 aromatic rings. The topological polar surface area (TPSA) is 95.9 Å². The number of carbonyl (C=O) groups is 3. The van der Waals surface area contributed by atoms with Crippen molar-refractivity contribution in [1.82, 2.24) is 10.2 Å². The predicted molar refractivity (Wildman–Crippen MR) is 57.3 cm³/mol. The van der Waals surface area contributed by atoms with Gasteiger partial charge in [-0.3, -0.25) is 14.4 Å². The molecule has 0 spiro atoms. The van der Waals surface area contributed by atoms with Crippen LogP contribution in [-0.2, 0) is 19.1 Å². The number of hydrogen-bond acceptors (Lipinski definition) is 4. The molecule has 0 radical (unpaired) electrons. The Morgan fingerprint density at radius 1 is 1.59 bits per heavy atom. The van der Waals surface area contributed by atoms with Crippen molar-refractivity contribution < 1.29 is 24.2 Å². The summed E-state index contributed by atoms with van der Waals surface area (Å²) in [5.74, 6) is -1.63. The highest BCUT2D eigenvalue weighted by molar-refractivity contribution is 5.92. The van der Waals surface area contributed by atoms with Crippen LogP contribution in [0.5, 0.6) is 0 Å². The Balaban J connectivity index is 2.58. The van der Waals surface area contributed by atoms with Gasteiger partial charge in [0.1, 0.15) is 12.6 Å². The van der Waals surface area contributed by atoms with Crippen molar-refractivity contribution in [1.29, 1.82) is 0 Å². The smallest absolute Gasteiger partial charge is 0.323 e. The van der Waals surface area contributed by atoms with Crippen molar-refractivity contribution in [2.24, 2.45) is 0 Å². The molecule has 0 bridgehead atoms. The molecule has 0 unspecified atom stereocenters. The van der Waals surface area contributed by atoms with Gasteiger partial charge in [0.05, 0.1) is 6.61 Å². The molecule has 2 amide bonds. The summed E-state index contributed by atoms with van der Waals surface area (Å²) in [6, 6.07) is -0.598. The third-order valence-corrected chi connectivity index (χ3v) is 2.50. The Labute approximate surface area is 98.7 Å². The molecular weight excluding hydrogens is 228 g/mol. The molecule has 7 heteroatoms. The molecule has 1 aliphatic rings. The van der Waals surface area contributed by atoms with Gasteiger partial charge in [0.15, 0.2) is 0 Å². The van der Waals surface area contributed by atoms with Crippen LogP contribution in [0.1, 0.15) is 12.8 Å². The molecule has 1 atom stereocenters. The zero-order valence-electron chi connectivity index (χ0n) is 9.64. The molecule has 17 heavy (non-hydrogen) atoms. The Hall–Kier alpha value is -1.63. The van der Waals surface area contributed by atoms with Crippen LogP contribution < -0.4 is 5.32 Å². The van der Waals surface area contributed by atoms with E-state index in [1.54, 1.807) is 0 Å². The van der Waals surface area contributed by atoms with Crippen molar-refractivity contribution in [3.05, 3.63) is 0 Å². The van der Waals surface area contributed by atoms with E-state index in [0.29, 0.717) is 12.8 Å². The monoisotopic (exact) mass is 244 g/mol. The summed E-state index contributed by atoms with van der Waals surface area (Å²) in [7, 11) is 1.47. The highest BCUT2D eigenvalue weighted by atomic mass is 16.5. The van der Waals surface area contributed by atoms with Crippen molar-refractivity contribution in [3.8, 4) is 0 Å². The summed E-state index contributed by atoms with van der Waals surface area (Å²) in [5.41, 5.74) is 0. The number of carbonyl (C=O) groups excluding carboxylic acids is 2. The highest BCUT2D eigenvalue weighted by Gasteiger charge is 2.31. The van der Waals surface area contributed by atoms with Crippen LogP contribution in [0.25, 0.3) is 0 Å². The number of nitrogens with zero attached hydrogens (tertiary/aromatic N) is 1. The first-order valence-corrected chi connectivity index (χ1v) is 5.33. The molecule has 1 heterocycles. The zero-order chi connectivity index (χ0) is 12.8. The van der Waals surface area contributed by atoms with Crippen molar-refractivity contribution in [2.75, 3.05) is 26.8 Å². The summed E-state index contributed by atoms with van der Waals surface area (Å²) >= 11 is 0. The van der Waals surface area contributed by atoms with Crippen LogP contribution in [0.2, 0.25) is 0 Å². The highest BCUT2D eigenvalue weighted by Crippen LogP contribution is 2.09. The van der Waals surface area contributed by atoms with Crippen LogP contribution in [-0.4, -0.2) is 60.6 Å². The molecule has 0 aromatic carbocycles. The summed E-state index contributed by atoms with van der Waals surface area (Å²) in [6.45, 7) is 0.0856. The number of carboxylic acid groups (broad SMARTS) is 1. The van der Waals surface area contributed by atoms with E-state index in [1.807, 2.05) is 0 Å².